The number of hydrogen-bond acceptors (Lipinski definition) is 1. The van der Waals surface area contributed by atoms with E-state index in [1.165, 1.54) is 0 Å². The summed E-state index contributed by atoms with van der Waals surface area (Å²) in [6.45, 7) is 0. The molecular weight excluding hydrogens is 227 g/mol. The van der Waals surface area contributed by atoms with E-state index < -0.39 is 15.1 Å². The Balaban J connectivity index is 2.17. The zero-order valence-corrected chi connectivity index (χ0v) is 9.07. The smallest absolute Gasteiger partial charge is 0.134 e. The third kappa shape index (κ3) is 1.90. The van der Waals surface area contributed by atoms with E-state index in [9.17, 15) is 4.21 Å². The van der Waals surface area contributed by atoms with E-state index in [4.69, 9.17) is 23.2 Å². The van der Waals surface area contributed by atoms with Crippen molar-refractivity contribution >= 4 is 34.0 Å². The minimum atomic E-state index is -1.06. The molecule has 0 amide bonds. The van der Waals surface area contributed by atoms with Crippen LogP contribution in [0, 0.1) is 0 Å². The molecule has 1 aromatic rings. The Morgan fingerprint density at radius 3 is 2.31 bits per heavy atom. The number of halogens is 2. The summed E-state index contributed by atoms with van der Waals surface area (Å²) in [5.41, 5.74) is 0. The van der Waals surface area contributed by atoms with Gasteiger partial charge in [0.25, 0.3) is 0 Å². The highest BCUT2D eigenvalue weighted by atomic mass is 35.5. The molecule has 1 nitrogen and oxygen atoms in total. The average Bonchev–Trinajstić information content (AvgIpc) is 2.76. The maximum atomic E-state index is 11.8. The molecule has 1 aromatic carbocycles. The van der Waals surface area contributed by atoms with Crippen LogP contribution in [-0.4, -0.2) is 13.8 Å². The van der Waals surface area contributed by atoms with Crippen molar-refractivity contribution in [3.63, 3.8) is 0 Å². The van der Waals surface area contributed by atoms with Crippen LogP contribution >= 0.6 is 23.2 Å². The first kappa shape index (κ1) is 9.50. The van der Waals surface area contributed by atoms with Crippen molar-refractivity contribution < 1.29 is 4.21 Å². The van der Waals surface area contributed by atoms with Gasteiger partial charge in [0.15, 0.2) is 0 Å². The molecule has 0 N–H and O–H groups in total. The molecule has 0 heterocycles. The highest BCUT2D eigenvalue weighted by Crippen LogP contribution is 2.51. The van der Waals surface area contributed by atoms with E-state index in [1.54, 1.807) is 0 Å². The van der Waals surface area contributed by atoms with Crippen LogP contribution in [0.3, 0.4) is 0 Å². The largest absolute Gasteiger partial charge is 0.254 e. The molecule has 2 rings (SSSR count). The Kier molecular flexibility index (Phi) is 2.39. The van der Waals surface area contributed by atoms with Crippen LogP contribution in [-0.2, 0) is 10.8 Å². The Morgan fingerprint density at radius 1 is 1.31 bits per heavy atom. The lowest BCUT2D eigenvalue weighted by molar-refractivity contribution is 0.682. The Labute approximate surface area is 89.5 Å². The zero-order chi connectivity index (χ0) is 9.47. The van der Waals surface area contributed by atoms with E-state index >= 15 is 0 Å². The summed E-state index contributed by atoms with van der Waals surface area (Å²) < 4.78 is 11.0. The minimum absolute atomic E-state index is 0.0989. The summed E-state index contributed by atoms with van der Waals surface area (Å²) in [5.74, 6) is 0. The quantitative estimate of drug-likeness (QED) is 0.720. The zero-order valence-electron chi connectivity index (χ0n) is 6.74. The Hall–Kier alpha value is -0.0500. The predicted molar refractivity (Wildman–Crippen MR) is 55.7 cm³/mol. The van der Waals surface area contributed by atoms with Gasteiger partial charge in [0.1, 0.15) is 4.33 Å². The average molecular weight is 235 g/mol. The van der Waals surface area contributed by atoms with Crippen molar-refractivity contribution in [1.29, 1.82) is 0 Å². The second-order valence-corrected chi connectivity index (χ2v) is 6.24. The molecule has 4 heteroatoms. The lowest BCUT2D eigenvalue weighted by atomic mass is 10.4. The molecule has 0 bridgehead atoms. The summed E-state index contributed by atoms with van der Waals surface area (Å²) in [6.07, 6.45) is 0.623. The van der Waals surface area contributed by atoms with Gasteiger partial charge in [-0.15, -0.1) is 23.2 Å². The summed E-state index contributed by atoms with van der Waals surface area (Å²) in [6, 6.07) is 9.28. The van der Waals surface area contributed by atoms with E-state index in [-0.39, 0.29) is 5.25 Å². The third-order valence-electron chi connectivity index (χ3n) is 2.00. The third-order valence-corrected chi connectivity index (χ3v) is 4.92. The second-order valence-electron chi connectivity index (χ2n) is 3.06. The highest BCUT2D eigenvalue weighted by Gasteiger charge is 2.55. The predicted octanol–water partition coefficient (Wildman–Crippen LogP) is 2.74. The van der Waals surface area contributed by atoms with Crippen molar-refractivity contribution in [1.82, 2.24) is 0 Å². The molecule has 0 spiro atoms. The fourth-order valence-electron chi connectivity index (χ4n) is 1.14. The van der Waals surface area contributed by atoms with Crippen molar-refractivity contribution in [3.8, 4) is 0 Å². The minimum Gasteiger partial charge on any atom is -0.254 e. The van der Waals surface area contributed by atoms with Crippen LogP contribution in [0.2, 0.25) is 0 Å². The molecule has 1 aliphatic rings. The SMILES string of the molecule is O=[S@](c1ccccc1)[C@@H]1CC1(Cl)Cl. The van der Waals surface area contributed by atoms with Crippen LogP contribution < -0.4 is 0 Å². The number of rotatable bonds is 2. The first-order valence-electron chi connectivity index (χ1n) is 3.95. The van der Waals surface area contributed by atoms with E-state index in [1.807, 2.05) is 30.3 Å². The van der Waals surface area contributed by atoms with Gasteiger partial charge in [-0.1, -0.05) is 18.2 Å². The fraction of sp³-hybridized carbons (Fsp3) is 0.333. The monoisotopic (exact) mass is 234 g/mol. The maximum Gasteiger partial charge on any atom is 0.134 e. The van der Waals surface area contributed by atoms with Crippen molar-refractivity contribution in [2.45, 2.75) is 20.9 Å². The number of benzene rings is 1. The molecule has 0 aliphatic heterocycles. The fourth-order valence-corrected chi connectivity index (χ4v) is 3.60. The summed E-state index contributed by atoms with van der Waals surface area (Å²) in [7, 11) is -1.06. The van der Waals surface area contributed by atoms with Gasteiger partial charge in [-0.05, 0) is 18.6 Å². The van der Waals surface area contributed by atoms with Gasteiger partial charge in [-0.2, -0.15) is 0 Å². The Bertz CT molecular complexity index is 337. The van der Waals surface area contributed by atoms with Crippen molar-refractivity contribution in [3.05, 3.63) is 30.3 Å². The molecule has 1 aliphatic carbocycles. The van der Waals surface area contributed by atoms with Crippen LogP contribution in [0.15, 0.2) is 35.2 Å². The molecule has 0 saturated heterocycles. The van der Waals surface area contributed by atoms with Gasteiger partial charge < -0.3 is 0 Å². The lowest BCUT2D eigenvalue weighted by Crippen LogP contribution is -2.04. The van der Waals surface area contributed by atoms with Gasteiger partial charge in [0.2, 0.25) is 0 Å². The van der Waals surface area contributed by atoms with Crippen LogP contribution in [0.4, 0.5) is 0 Å². The molecule has 13 heavy (non-hydrogen) atoms. The number of alkyl halides is 2. The van der Waals surface area contributed by atoms with Crippen LogP contribution in [0.25, 0.3) is 0 Å². The first-order valence-corrected chi connectivity index (χ1v) is 5.91. The normalized spacial score (nSPS) is 26.8. The Morgan fingerprint density at radius 2 is 1.85 bits per heavy atom. The van der Waals surface area contributed by atoms with E-state index in [0.29, 0.717) is 6.42 Å². The molecule has 1 fully saturated rings. The molecular formula is C9H8Cl2OS. The summed E-state index contributed by atoms with van der Waals surface area (Å²) >= 11 is 11.6. The molecule has 0 unspecified atom stereocenters. The molecule has 1 saturated carbocycles. The second kappa shape index (κ2) is 3.26. The first-order chi connectivity index (χ1) is 6.11. The molecule has 70 valence electrons. The molecule has 2 atom stereocenters. The standard InChI is InChI=1S/C9H8Cl2OS/c10-9(11)6-8(9)13(12)7-4-2-1-3-5-7/h1-5,8H,6H2/t8-,13-/m1/s1. The van der Waals surface area contributed by atoms with Gasteiger partial charge >= 0.3 is 0 Å². The molecule has 0 radical (unpaired) electrons. The number of hydrogen-bond donors (Lipinski definition) is 0. The van der Waals surface area contributed by atoms with Crippen molar-refractivity contribution in [2.75, 3.05) is 0 Å². The van der Waals surface area contributed by atoms with Crippen molar-refractivity contribution in [2.24, 2.45) is 0 Å². The summed E-state index contributed by atoms with van der Waals surface area (Å²) in [4.78, 5) is 0.802. The molecule has 0 aromatic heterocycles. The van der Waals surface area contributed by atoms with E-state index in [0.717, 1.165) is 4.90 Å². The van der Waals surface area contributed by atoms with Gasteiger partial charge in [0.05, 0.1) is 16.0 Å². The van der Waals surface area contributed by atoms with Crippen LogP contribution in [0.1, 0.15) is 6.42 Å². The van der Waals surface area contributed by atoms with Gasteiger partial charge in [0, 0.05) is 4.90 Å². The summed E-state index contributed by atoms with van der Waals surface area (Å²) in [5, 5.41) is -0.0989. The van der Waals surface area contributed by atoms with E-state index in [2.05, 4.69) is 0 Å². The van der Waals surface area contributed by atoms with Gasteiger partial charge in [-0.25, -0.2) is 0 Å². The topological polar surface area (TPSA) is 17.1 Å². The van der Waals surface area contributed by atoms with Crippen LogP contribution in [0.5, 0.6) is 0 Å². The van der Waals surface area contributed by atoms with Gasteiger partial charge in [-0.3, -0.25) is 4.21 Å². The maximum absolute atomic E-state index is 11.8. The lowest BCUT2D eigenvalue weighted by Gasteiger charge is -2.00. The highest BCUT2D eigenvalue weighted by molar-refractivity contribution is 7.86.